The molecule has 2 heterocycles. The molecule has 10 heteroatoms. The minimum Gasteiger partial charge on any atom is -0.444 e. The summed E-state index contributed by atoms with van der Waals surface area (Å²) < 4.78 is 19.5. The molecule has 0 bridgehead atoms. The van der Waals surface area contributed by atoms with E-state index in [1.807, 2.05) is 13.8 Å². The van der Waals surface area contributed by atoms with Gasteiger partial charge in [-0.1, -0.05) is 46.4 Å². The number of primary amides is 1. The van der Waals surface area contributed by atoms with Crippen molar-refractivity contribution in [3.63, 3.8) is 0 Å². The van der Waals surface area contributed by atoms with Crippen LogP contribution in [0.15, 0.2) is 30.9 Å². The zero-order valence-corrected chi connectivity index (χ0v) is 20.0. The second-order valence-corrected chi connectivity index (χ2v) is 8.32. The Morgan fingerprint density at radius 3 is 2.50 bits per heavy atom. The molecule has 190 valence electrons. The number of nitrogens with one attached hydrogen (secondary N) is 1. The highest BCUT2D eigenvalue weighted by Crippen LogP contribution is 2.28. The number of ether oxygens (including phenoxy) is 1. The van der Waals surface area contributed by atoms with E-state index in [9.17, 15) is 23.6 Å². The van der Waals surface area contributed by atoms with Gasteiger partial charge in [0.1, 0.15) is 24.0 Å². The van der Waals surface area contributed by atoms with E-state index in [0.29, 0.717) is 11.1 Å². The number of rotatable bonds is 6. The van der Waals surface area contributed by atoms with Gasteiger partial charge in [0.05, 0.1) is 13.1 Å². The molecule has 1 fully saturated rings. The zero-order valence-electron chi connectivity index (χ0n) is 20.0. The highest BCUT2D eigenvalue weighted by atomic mass is 19.1. The van der Waals surface area contributed by atoms with Crippen molar-refractivity contribution in [2.24, 2.45) is 11.7 Å². The molecule has 1 aromatic carbocycles. The van der Waals surface area contributed by atoms with Gasteiger partial charge in [-0.2, -0.15) is 0 Å². The van der Waals surface area contributed by atoms with Gasteiger partial charge >= 0.3 is 6.09 Å². The average molecular weight is 481 g/mol. The number of amides is 4. The van der Waals surface area contributed by atoms with Gasteiger partial charge in [-0.3, -0.25) is 19.3 Å². The fraction of sp³-hybridized carbons (Fsp3) is 0.500. The largest absolute Gasteiger partial charge is 0.444 e. The molecule has 34 heavy (non-hydrogen) atoms. The Balaban J connectivity index is 0.00000299. The molecule has 2 aliphatic heterocycles. The Morgan fingerprint density at radius 2 is 1.94 bits per heavy atom. The lowest BCUT2D eigenvalue weighted by atomic mass is 10.0. The van der Waals surface area contributed by atoms with Crippen molar-refractivity contribution in [1.29, 1.82) is 0 Å². The minimum atomic E-state index is -0.976. The molecule has 0 spiro atoms. The molecule has 0 radical (unpaired) electrons. The van der Waals surface area contributed by atoms with Gasteiger partial charge in [0.2, 0.25) is 17.7 Å². The number of hydrogen-bond donors (Lipinski definition) is 2. The van der Waals surface area contributed by atoms with Crippen LogP contribution in [0.3, 0.4) is 0 Å². The maximum absolute atomic E-state index is 14.0. The monoisotopic (exact) mass is 480 g/mol. The van der Waals surface area contributed by atoms with Crippen LogP contribution in [0.1, 0.15) is 48.1 Å². The van der Waals surface area contributed by atoms with Crippen LogP contribution in [0.5, 0.6) is 0 Å². The van der Waals surface area contributed by atoms with Crippen molar-refractivity contribution in [1.82, 2.24) is 15.1 Å². The Kier molecular flexibility index (Phi) is 9.17. The molecule has 9 nitrogen and oxygen atoms in total. The highest BCUT2D eigenvalue weighted by molar-refractivity contribution is 5.95. The van der Waals surface area contributed by atoms with Crippen molar-refractivity contribution in [2.75, 3.05) is 6.54 Å². The lowest BCUT2D eigenvalue weighted by molar-refractivity contribution is -0.141. The zero-order chi connectivity index (χ0) is 25.6. The summed E-state index contributed by atoms with van der Waals surface area (Å²) in [5, 5.41) is 2.57. The van der Waals surface area contributed by atoms with Crippen LogP contribution in [0.25, 0.3) is 0 Å². The topological polar surface area (TPSA) is 122 Å². The molecule has 3 N–H and O–H groups in total. The first-order valence-electron chi connectivity index (χ1n) is 11.4. The lowest BCUT2D eigenvalue weighted by Gasteiger charge is -2.29. The molecule has 3 rings (SSSR count). The SMILES string of the molecule is C=CC(=O)N[C@@H](C(=O)N1C[C@H](OC(=O)N2Cc3cccc(F)c3C2)C[C@H]1C(N)=O)C(C)C.CC.[HH].[HH]. The number of benzene rings is 1. The van der Waals surface area contributed by atoms with Gasteiger partial charge in [-0.05, 0) is 23.6 Å². The summed E-state index contributed by atoms with van der Waals surface area (Å²) in [6.45, 7) is 11.1. The first kappa shape index (κ1) is 26.8. The Bertz CT molecular complexity index is 962. The molecule has 0 saturated carbocycles. The van der Waals surface area contributed by atoms with Gasteiger partial charge in [0, 0.05) is 21.4 Å². The number of carbonyl (C=O) groups excluding carboxylic acids is 4. The van der Waals surface area contributed by atoms with Crippen LogP contribution in [-0.2, 0) is 32.2 Å². The molecule has 1 aromatic rings. The Labute approximate surface area is 202 Å². The third-order valence-electron chi connectivity index (χ3n) is 5.74. The van der Waals surface area contributed by atoms with Crippen molar-refractivity contribution >= 4 is 23.8 Å². The first-order valence-corrected chi connectivity index (χ1v) is 11.4. The predicted octanol–water partition coefficient (Wildman–Crippen LogP) is 2.58. The van der Waals surface area contributed by atoms with Crippen LogP contribution in [0, 0.1) is 11.7 Å². The summed E-state index contributed by atoms with van der Waals surface area (Å²) in [5.74, 6) is -2.39. The first-order chi connectivity index (χ1) is 16.1. The Hall–Kier alpha value is -3.43. The van der Waals surface area contributed by atoms with Crippen molar-refractivity contribution in [3.05, 3.63) is 47.8 Å². The van der Waals surface area contributed by atoms with E-state index >= 15 is 0 Å². The standard InChI is InChI=1S/C22H27FN4O5.C2H6.2H2/c1-4-18(28)25-19(12(2)3)21(30)27-10-14(8-17(27)20(24)29)32-22(31)26-9-13-6-5-7-16(23)15(13)11-26;1-2;;/h4-7,12,14,17,19H,1,8-11H2,2-3H3,(H2,24,29)(H,25,28);1-2H3;2*1H/t14-,17+,19-;;;/m1.../s1. The number of halogens is 1. The Morgan fingerprint density at radius 1 is 1.26 bits per heavy atom. The normalized spacial score (nSPS) is 19.6. The third-order valence-corrected chi connectivity index (χ3v) is 5.74. The van der Waals surface area contributed by atoms with Gasteiger partial charge in [-0.25, -0.2) is 9.18 Å². The summed E-state index contributed by atoms with van der Waals surface area (Å²) in [6.07, 6.45) is -0.328. The van der Waals surface area contributed by atoms with Gasteiger partial charge in [0.15, 0.2) is 0 Å². The van der Waals surface area contributed by atoms with Crippen LogP contribution < -0.4 is 11.1 Å². The molecular formula is C24H37FN4O5. The van der Waals surface area contributed by atoms with Gasteiger partial charge in [0.25, 0.3) is 0 Å². The summed E-state index contributed by atoms with van der Waals surface area (Å²) in [5.41, 5.74) is 6.64. The van der Waals surface area contributed by atoms with E-state index in [4.69, 9.17) is 10.5 Å². The van der Waals surface area contributed by atoms with Crippen LogP contribution in [0.2, 0.25) is 0 Å². The second-order valence-electron chi connectivity index (χ2n) is 8.32. The van der Waals surface area contributed by atoms with Crippen molar-refractivity contribution in [2.45, 2.75) is 65.4 Å². The van der Waals surface area contributed by atoms with Crippen molar-refractivity contribution in [3.8, 4) is 0 Å². The number of nitrogens with two attached hydrogens (primary N) is 1. The number of fused-ring (bicyclic) bond motifs is 1. The maximum atomic E-state index is 14.0. The van der Waals surface area contributed by atoms with Crippen molar-refractivity contribution < 1.29 is 31.2 Å². The molecular weight excluding hydrogens is 443 g/mol. The summed E-state index contributed by atoms with van der Waals surface area (Å²) in [6, 6.07) is 2.79. The number of hydrogen-bond acceptors (Lipinski definition) is 5. The van der Waals surface area contributed by atoms with E-state index < -0.39 is 42.0 Å². The number of likely N-dealkylation sites (tertiary alicyclic amines) is 1. The van der Waals surface area contributed by atoms with E-state index in [2.05, 4.69) is 11.9 Å². The fourth-order valence-electron chi connectivity index (χ4n) is 4.03. The lowest BCUT2D eigenvalue weighted by Crippen LogP contribution is -2.54. The van der Waals surface area contributed by atoms with E-state index in [1.165, 1.54) is 15.9 Å². The molecule has 0 aliphatic carbocycles. The number of carbonyl (C=O) groups is 4. The quantitative estimate of drug-likeness (QED) is 0.606. The third kappa shape index (κ3) is 5.92. The molecule has 3 atom stereocenters. The summed E-state index contributed by atoms with van der Waals surface area (Å²) >= 11 is 0. The van der Waals surface area contributed by atoms with Crippen LogP contribution in [0.4, 0.5) is 9.18 Å². The summed E-state index contributed by atoms with van der Waals surface area (Å²) in [7, 11) is 0. The molecule has 1 saturated heterocycles. The van der Waals surface area contributed by atoms with E-state index in [1.54, 1.807) is 26.0 Å². The average Bonchev–Trinajstić information content (AvgIpc) is 3.43. The molecule has 4 amide bonds. The molecule has 2 aliphatic rings. The van der Waals surface area contributed by atoms with E-state index in [-0.39, 0.29) is 40.6 Å². The van der Waals surface area contributed by atoms with Gasteiger partial charge in [-0.15, -0.1) is 0 Å². The summed E-state index contributed by atoms with van der Waals surface area (Å²) in [4.78, 5) is 52.1. The van der Waals surface area contributed by atoms with E-state index in [0.717, 1.165) is 6.08 Å². The van der Waals surface area contributed by atoms with Crippen LogP contribution >= 0.6 is 0 Å². The molecule has 0 unspecified atom stereocenters. The minimum absolute atomic E-state index is 0. The number of nitrogens with zero attached hydrogens (tertiary/aromatic N) is 2. The highest BCUT2D eigenvalue weighted by Gasteiger charge is 2.44. The smallest absolute Gasteiger partial charge is 0.410 e. The van der Waals surface area contributed by atoms with Crippen LogP contribution in [-0.4, -0.2) is 58.3 Å². The molecule has 0 aromatic heterocycles. The van der Waals surface area contributed by atoms with Gasteiger partial charge < -0.3 is 20.7 Å². The second kappa shape index (κ2) is 11.6. The predicted molar refractivity (Wildman–Crippen MR) is 128 cm³/mol. The fourth-order valence-corrected chi connectivity index (χ4v) is 4.03. The maximum Gasteiger partial charge on any atom is 0.410 e.